The first kappa shape index (κ1) is 9.68. The van der Waals surface area contributed by atoms with Crippen LogP contribution in [0.5, 0.6) is 0 Å². The van der Waals surface area contributed by atoms with E-state index in [1.165, 1.54) is 0 Å². The minimum Gasteiger partial charge on any atom is -0.391 e. The summed E-state index contributed by atoms with van der Waals surface area (Å²) < 4.78 is 0. The molecule has 4 heteroatoms. The summed E-state index contributed by atoms with van der Waals surface area (Å²) in [5.41, 5.74) is 1.15. The average Bonchev–Trinajstić information content (AvgIpc) is 2.73. The van der Waals surface area contributed by atoms with Gasteiger partial charge in [-0.1, -0.05) is 0 Å². The van der Waals surface area contributed by atoms with Crippen LogP contribution in [0.4, 0.5) is 0 Å². The van der Waals surface area contributed by atoms with Crippen LogP contribution in [0, 0.1) is 0 Å². The average molecular weight is 211 g/mol. The lowest BCUT2D eigenvalue weighted by atomic mass is 10.1. The van der Waals surface area contributed by atoms with Gasteiger partial charge < -0.3 is 10.0 Å². The van der Waals surface area contributed by atoms with Crippen LogP contribution in [-0.4, -0.2) is 28.6 Å². The number of aliphatic hydroxyl groups is 1. The summed E-state index contributed by atoms with van der Waals surface area (Å²) >= 11 is 1.63. The lowest BCUT2D eigenvalue weighted by Gasteiger charge is -2.23. The molecular weight excluding hydrogens is 198 g/mol. The highest BCUT2D eigenvalue weighted by molar-refractivity contribution is 7.07. The first-order valence-corrected chi connectivity index (χ1v) is 5.62. The normalized spacial score (nSPS) is 24.3. The SMILES string of the molecule is CC(c1ccsc1)N1CC(O)CC1=O. The monoisotopic (exact) mass is 211 g/mol. The summed E-state index contributed by atoms with van der Waals surface area (Å²) in [5.74, 6) is 0.0520. The maximum absolute atomic E-state index is 11.5. The predicted octanol–water partition coefficient (Wildman–Crippen LogP) is 1.40. The van der Waals surface area contributed by atoms with Crippen molar-refractivity contribution in [1.82, 2.24) is 4.90 Å². The number of rotatable bonds is 2. The standard InChI is InChI=1S/C10H13NO2S/c1-7(8-2-3-14-6-8)11-5-9(12)4-10(11)13/h2-3,6-7,9,12H,4-5H2,1H3. The summed E-state index contributed by atoms with van der Waals surface area (Å²) in [4.78, 5) is 13.2. The number of amides is 1. The van der Waals surface area contributed by atoms with E-state index in [0.29, 0.717) is 6.54 Å². The molecule has 2 rings (SSSR count). The minimum atomic E-state index is -0.483. The first-order valence-electron chi connectivity index (χ1n) is 4.68. The van der Waals surface area contributed by atoms with Gasteiger partial charge in [0.1, 0.15) is 0 Å². The van der Waals surface area contributed by atoms with Crippen LogP contribution in [0.1, 0.15) is 24.9 Å². The topological polar surface area (TPSA) is 40.5 Å². The number of thiophene rings is 1. The molecule has 0 aliphatic carbocycles. The number of likely N-dealkylation sites (tertiary alicyclic amines) is 1. The van der Waals surface area contributed by atoms with E-state index in [-0.39, 0.29) is 18.4 Å². The number of hydrogen-bond donors (Lipinski definition) is 1. The summed E-state index contributed by atoms with van der Waals surface area (Å²) in [6.07, 6.45) is -0.210. The number of aliphatic hydroxyl groups excluding tert-OH is 1. The van der Waals surface area contributed by atoms with Gasteiger partial charge in [-0.25, -0.2) is 0 Å². The Kier molecular flexibility index (Phi) is 2.56. The molecule has 2 atom stereocenters. The second kappa shape index (κ2) is 3.71. The third-order valence-electron chi connectivity index (χ3n) is 2.63. The highest BCUT2D eigenvalue weighted by atomic mass is 32.1. The highest BCUT2D eigenvalue weighted by Gasteiger charge is 2.31. The third kappa shape index (κ3) is 1.67. The molecular formula is C10H13NO2S. The second-order valence-electron chi connectivity index (χ2n) is 3.64. The Balaban J connectivity index is 2.12. The molecule has 14 heavy (non-hydrogen) atoms. The van der Waals surface area contributed by atoms with Crippen molar-refractivity contribution in [2.75, 3.05) is 6.54 Å². The molecule has 1 saturated heterocycles. The van der Waals surface area contributed by atoms with Gasteiger partial charge in [0.15, 0.2) is 0 Å². The Morgan fingerprint density at radius 3 is 3.00 bits per heavy atom. The molecule has 1 amide bonds. The van der Waals surface area contributed by atoms with E-state index in [9.17, 15) is 9.90 Å². The minimum absolute atomic E-state index is 0.0520. The van der Waals surface area contributed by atoms with Gasteiger partial charge in [0, 0.05) is 6.54 Å². The van der Waals surface area contributed by atoms with E-state index in [4.69, 9.17) is 0 Å². The molecule has 1 aliphatic heterocycles. The maximum atomic E-state index is 11.5. The Bertz CT molecular complexity index is 323. The van der Waals surface area contributed by atoms with Gasteiger partial charge in [0.2, 0.25) is 5.91 Å². The zero-order valence-electron chi connectivity index (χ0n) is 8.01. The summed E-state index contributed by atoms with van der Waals surface area (Å²) in [6, 6.07) is 2.11. The molecule has 0 saturated carbocycles. The van der Waals surface area contributed by atoms with Gasteiger partial charge in [-0.2, -0.15) is 11.3 Å². The Morgan fingerprint density at radius 1 is 1.71 bits per heavy atom. The molecule has 0 bridgehead atoms. The lowest BCUT2D eigenvalue weighted by molar-refractivity contribution is -0.129. The largest absolute Gasteiger partial charge is 0.391 e. The molecule has 1 fully saturated rings. The fourth-order valence-corrected chi connectivity index (χ4v) is 2.53. The van der Waals surface area contributed by atoms with Crippen molar-refractivity contribution in [3.63, 3.8) is 0 Å². The smallest absolute Gasteiger partial charge is 0.225 e. The van der Waals surface area contributed by atoms with E-state index in [2.05, 4.69) is 0 Å². The van der Waals surface area contributed by atoms with Crippen LogP contribution >= 0.6 is 11.3 Å². The number of hydrogen-bond acceptors (Lipinski definition) is 3. The Morgan fingerprint density at radius 2 is 2.50 bits per heavy atom. The predicted molar refractivity (Wildman–Crippen MR) is 55.1 cm³/mol. The molecule has 2 heterocycles. The number of β-amino-alcohol motifs (C(OH)–C–C–N with tert-alkyl or cyclic N) is 1. The molecule has 0 aromatic carbocycles. The van der Waals surface area contributed by atoms with Gasteiger partial charge in [-0.15, -0.1) is 0 Å². The van der Waals surface area contributed by atoms with Crippen LogP contribution in [0.2, 0.25) is 0 Å². The van der Waals surface area contributed by atoms with Gasteiger partial charge >= 0.3 is 0 Å². The van der Waals surface area contributed by atoms with E-state index in [1.807, 2.05) is 23.8 Å². The first-order chi connectivity index (χ1) is 6.68. The fourth-order valence-electron chi connectivity index (χ4n) is 1.78. The number of carbonyl (C=O) groups excluding carboxylic acids is 1. The second-order valence-corrected chi connectivity index (χ2v) is 4.42. The van der Waals surface area contributed by atoms with Gasteiger partial charge in [0.25, 0.3) is 0 Å². The van der Waals surface area contributed by atoms with Crippen LogP contribution in [0.15, 0.2) is 16.8 Å². The lowest BCUT2D eigenvalue weighted by Crippen LogP contribution is -2.28. The molecule has 0 radical (unpaired) electrons. The van der Waals surface area contributed by atoms with E-state index in [0.717, 1.165) is 5.56 Å². The zero-order valence-corrected chi connectivity index (χ0v) is 8.83. The van der Waals surface area contributed by atoms with Crippen molar-refractivity contribution in [3.8, 4) is 0 Å². The fraction of sp³-hybridized carbons (Fsp3) is 0.500. The number of nitrogens with zero attached hydrogens (tertiary/aromatic N) is 1. The zero-order chi connectivity index (χ0) is 10.1. The Labute approximate surface area is 87.0 Å². The van der Waals surface area contributed by atoms with Gasteiger partial charge in [-0.05, 0) is 29.3 Å². The van der Waals surface area contributed by atoms with Crippen molar-refractivity contribution in [1.29, 1.82) is 0 Å². The molecule has 76 valence electrons. The molecule has 1 aromatic rings. The van der Waals surface area contributed by atoms with Crippen LogP contribution in [0.3, 0.4) is 0 Å². The quantitative estimate of drug-likeness (QED) is 0.803. The van der Waals surface area contributed by atoms with Crippen molar-refractivity contribution in [3.05, 3.63) is 22.4 Å². The highest BCUT2D eigenvalue weighted by Crippen LogP contribution is 2.26. The van der Waals surface area contributed by atoms with Crippen molar-refractivity contribution < 1.29 is 9.90 Å². The molecule has 1 aliphatic rings. The van der Waals surface area contributed by atoms with Crippen LogP contribution in [-0.2, 0) is 4.79 Å². The summed E-state index contributed by atoms with van der Waals surface area (Å²) in [5, 5.41) is 13.4. The molecule has 1 N–H and O–H groups in total. The van der Waals surface area contributed by atoms with Gasteiger partial charge in [-0.3, -0.25) is 4.79 Å². The third-order valence-corrected chi connectivity index (χ3v) is 3.33. The van der Waals surface area contributed by atoms with Crippen molar-refractivity contribution in [2.45, 2.75) is 25.5 Å². The maximum Gasteiger partial charge on any atom is 0.225 e. The van der Waals surface area contributed by atoms with Crippen molar-refractivity contribution >= 4 is 17.2 Å². The van der Waals surface area contributed by atoms with E-state index < -0.39 is 6.10 Å². The van der Waals surface area contributed by atoms with Crippen LogP contribution < -0.4 is 0 Å². The number of carbonyl (C=O) groups is 1. The summed E-state index contributed by atoms with van der Waals surface area (Å²) in [6.45, 7) is 2.47. The van der Waals surface area contributed by atoms with Gasteiger partial charge in [0.05, 0.1) is 18.6 Å². The van der Waals surface area contributed by atoms with E-state index in [1.54, 1.807) is 16.2 Å². The van der Waals surface area contributed by atoms with Crippen LogP contribution in [0.25, 0.3) is 0 Å². The molecule has 0 spiro atoms. The molecule has 1 aromatic heterocycles. The van der Waals surface area contributed by atoms with Crippen molar-refractivity contribution in [2.24, 2.45) is 0 Å². The van der Waals surface area contributed by atoms with E-state index >= 15 is 0 Å². The summed E-state index contributed by atoms with van der Waals surface area (Å²) in [7, 11) is 0. The molecule has 3 nitrogen and oxygen atoms in total. The Hall–Kier alpha value is -0.870. The molecule has 2 unspecified atom stereocenters.